The Bertz CT molecular complexity index is 936. The van der Waals surface area contributed by atoms with Gasteiger partial charge in [0.15, 0.2) is 5.16 Å². The van der Waals surface area contributed by atoms with E-state index in [1.165, 1.54) is 11.8 Å². The second-order valence-electron chi connectivity index (χ2n) is 5.41. The average Bonchev–Trinajstić information content (AvgIpc) is 2.97. The van der Waals surface area contributed by atoms with Gasteiger partial charge in [-0.25, -0.2) is 4.98 Å². The zero-order chi connectivity index (χ0) is 17.8. The first kappa shape index (κ1) is 17.0. The van der Waals surface area contributed by atoms with Gasteiger partial charge in [-0.1, -0.05) is 30.0 Å². The van der Waals surface area contributed by atoms with Gasteiger partial charge < -0.3 is 15.6 Å². The topological polar surface area (TPSA) is 90.0 Å². The van der Waals surface area contributed by atoms with Crippen molar-refractivity contribution in [2.45, 2.75) is 18.6 Å². The van der Waals surface area contributed by atoms with E-state index in [0.717, 1.165) is 22.7 Å². The summed E-state index contributed by atoms with van der Waals surface area (Å²) in [5.74, 6) is -0.465. The molecule has 0 saturated carbocycles. The maximum absolute atomic E-state index is 12.2. The van der Waals surface area contributed by atoms with E-state index in [1.54, 1.807) is 24.3 Å². The lowest BCUT2D eigenvalue weighted by atomic mass is 10.2. The fourth-order valence-electron chi connectivity index (χ4n) is 2.55. The summed E-state index contributed by atoms with van der Waals surface area (Å²) in [6, 6.07) is 14.5. The molecule has 2 aromatic carbocycles. The number of aromatic nitrogens is 2. The highest BCUT2D eigenvalue weighted by Crippen LogP contribution is 2.24. The van der Waals surface area contributed by atoms with Crippen LogP contribution in [0.1, 0.15) is 17.3 Å². The predicted molar refractivity (Wildman–Crippen MR) is 99.7 cm³/mol. The number of amides is 2. The van der Waals surface area contributed by atoms with Crippen LogP contribution < -0.4 is 11.1 Å². The van der Waals surface area contributed by atoms with Gasteiger partial charge in [0.25, 0.3) is 0 Å². The number of benzene rings is 2. The quantitative estimate of drug-likeness (QED) is 0.666. The number of carbonyl (C=O) groups is 2. The van der Waals surface area contributed by atoms with Gasteiger partial charge in [0.1, 0.15) is 0 Å². The molecule has 0 saturated heterocycles. The summed E-state index contributed by atoms with van der Waals surface area (Å²) in [6.07, 6.45) is 0. The summed E-state index contributed by atoms with van der Waals surface area (Å²) in [5.41, 5.74) is 8.13. The lowest BCUT2D eigenvalue weighted by Gasteiger charge is -2.07. The highest BCUT2D eigenvalue weighted by atomic mass is 32.2. The Morgan fingerprint density at radius 3 is 2.76 bits per heavy atom. The van der Waals surface area contributed by atoms with Crippen LogP contribution in [0.15, 0.2) is 53.7 Å². The molecule has 0 unspecified atom stereocenters. The Hall–Kier alpha value is -2.80. The van der Waals surface area contributed by atoms with E-state index in [-0.39, 0.29) is 11.7 Å². The lowest BCUT2D eigenvalue weighted by molar-refractivity contribution is -0.113. The van der Waals surface area contributed by atoms with Crippen LogP contribution in [-0.2, 0) is 11.3 Å². The van der Waals surface area contributed by atoms with E-state index in [9.17, 15) is 9.59 Å². The largest absolute Gasteiger partial charge is 0.366 e. The smallest absolute Gasteiger partial charge is 0.248 e. The number of nitrogens with one attached hydrogen (secondary N) is 1. The minimum atomic E-state index is -0.526. The number of thioether (sulfide) groups is 1. The maximum atomic E-state index is 12.2. The van der Waals surface area contributed by atoms with Crippen molar-refractivity contribution in [2.75, 3.05) is 11.1 Å². The number of primary amides is 1. The van der Waals surface area contributed by atoms with Crippen LogP contribution in [-0.4, -0.2) is 27.1 Å². The van der Waals surface area contributed by atoms with Crippen molar-refractivity contribution in [3.63, 3.8) is 0 Å². The molecule has 0 spiro atoms. The first-order valence-electron chi connectivity index (χ1n) is 7.86. The van der Waals surface area contributed by atoms with Gasteiger partial charge in [0, 0.05) is 17.8 Å². The summed E-state index contributed by atoms with van der Waals surface area (Å²) in [6.45, 7) is 2.83. The molecule has 0 aliphatic carbocycles. The molecule has 7 heteroatoms. The van der Waals surface area contributed by atoms with Crippen LogP contribution in [0.3, 0.4) is 0 Å². The molecule has 1 aromatic heterocycles. The summed E-state index contributed by atoms with van der Waals surface area (Å²) < 4.78 is 2.08. The fraction of sp³-hybridized carbons (Fsp3) is 0.167. The van der Waals surface area contributed by atoms with Gasteiger partial charge in [0.05, 0.1) is 16.8 Å². The van der Waals surface area contributed by atoms with Gasteiger partial charge >= 0.3 is 0 Å². The van der Waals surface area contributed by atoms with Gasteiger partial charge in [0.2, 0.25) is 11.8 Å². The van der Waals surface area contributed by atoms with E-state index in [2.05, 4.69) is 14.9 Å². The highest BCUT2D eigenvalue weighted by Gasteiger charge is 2.12. The number of nitrogens with two attached hydrogens (primary N) is 1. The van der Waals surface area contributed by atoms with Crippen LogP contribution in [0.25, 0.3) is 11.0 Å². The van der Waals surface area contributed by atoms with Gasteiger partial charge in [-0.3, -0.25) is 9.59 Å². The van der Waals surface area contributed by atoms with Crippen LogP contribution in [0.2, 0.25) is 0 Å². The van der Waals surface area contributed by atoms with Gasteiger partial charge in [-0.05, 0) is 37.3 Å². The van der Waals surface area contributed by atoms with E-state index in [4.69, 9.17) is 5.73 Å². The number of rotatable bonds is 6. The molecule has 3 rings (SSSR count). The molecule has 0 aliphatic heterocycles. The van der Waals surface area contributed by atoms with Gasteiger partial charge in [-0.15, -0.1) is 0 Å². The number of anilines is 1. The number of hydrogen-bond donors (Lipinski definition) is 2. The molecule has 0 bridgehead atoms. The summed E-state index contributed by atoms with van der Waals surface area (Å²) in [4.78, 5) is 28.0. The minimum Gasteiger partial charge on any atom is -0.366 e. The van der Waals surface area contributed by atoms with Crippen LogP contribution in [0.5, 0.6) is 0 Å². The Kier molecular flexibility index (Phi) is 5.04. The SMILES string of the molecule is CCn1c(SCC(=O)Nc2cccc(C(N)=O)c2)nc2ccccc21. The Balaban J connectivity index is 1.68. The number of carbonyl (C=O) groups excluding carboxylic acids is 2. The van der Waals surface area contributed by atoms with Gasteiger partial charge in [-0.2, -0.15) is 0 Å². The normalized spacial score (nSPS) is 10.8. The van der Waals surface area contributed by atoms with Crippen molar-refractivity contribution in [1.82, 2.24) is 9.55 Å². The Morgan fingerprint density at radius 1 is 1.20 bits per heavy atom. The Morgan fingerprint density at radius 2 is 2.00 bits per heavy atom. The van der Waals surface area contributed by atoms with E-state index in [1.807, 2.05) is 31.2 Å². The number of aryl methyl sites for hydroxylation is 1. The summed E-state index contributed by atoms with van der Waals surface area (Å²) in [7, 11) is 0. The van der Waals surface area contributed by atoms with Crippen molar-refractivity contribution < 1.29 is 9.59 Å². The Labute approximate surface area is 149 Å². The highest BCUT2D eigenvalue weighted by molar-refractivity contribution is 7.99. The minimum absolute atomic E-state index is 0.165. The van der Waals surface area contributed by atoms with Crippen LogP contribution in [0.4, 0.5) is 5.69 Å². The summed E-state index contributed by atoms with van der Waals surface area (Å²) in [5, 5.41) is 3.58. The molecule has 3 N–H and O–H groups in total. The van der Waals surface area contributed by atoms with E-state index in [0.29, 0.717) is 11.3 Å². The molecular formula is C18H18N4O2S. The second-order valence-corrected chi connectivity index (χ2v) is 6.35. The average molecular weight is 354 g/mol. The van der Waals surface area contributed by atoms with Crippen LogP contribution in [0, 0.1) is 0 Å². The first-order valence-corrected chi connectivity index (χ1v) is 8.85. The molecule has 128 valence electrons. The molecule has 0 atom stereocenters. The fourth-order valence-corrected chi connectivity index (χ4v) is 3.43. The molecule has 2 amide bonds. The molecule has 6 nitrogen and oxygen atoms in total. The van der Waals surface area contributed by atoms with E-state index < -0.39 is 5.91 Å². The number of fused-ring (bicyclic) bond motifs is 1. The van der Waals surface area contributed by atoms with Crippen molar-refractivity contribution in [2.24, 2.45) is 5.73 Å². The zero-order valence-electron chi connectivity index (χ0n) is 13.7. The number of nitrogens with zero attached hydrogens (tertiary/aromatic N) is 2. The van der Waals surface area contributed by atoms with Crippen molar-refractivity contribution in [3.05, 3.63) is 54.1 Å². The molecule has 0 fully saturated rings. The number of hydrogen-bond acceptors (Lipinski definition) is 4. The zero-order valence-corrected chi connectivity index (χ0v) is 14.5. The maximum Gasteiger partial charge on any atom is 0.248 e. The van der Waals surface area contributed by atoms with Crippen LogP contribution >= 0.6 is 11.8 Å². The molecule has 25 heavy (non-hydrogen) atoms. The second kappa shape index (κ2) is 7.40. The summed E-state index contributed by atoms with van der Waals surface area (Å²) >= 11 is 1.38. The lowest BCUT2D eigenvalue weighted by Crippen LogP contribution is -2.16. The molecule has 1 heterocycles. The predicted octanol–water partition coefficient (Wildman–Crippen LogP) is 2.89. The third-order valence-corrected chi connectivity index (χ3v) is 4.68. The molecule has 0 aliphatic rings. The third-order valence-electron chi connectivity index (χ3n) is 3.70. The monoisotopic (exact) mass is 354 g/mol. The first-order chi connectivity index (χ1) is 12.1. The van der Waals surface area contributed by atoms with Crippen molar-refractivity contribution in [1.29, 1.82) is 0 Å². The molecule has 3 aromatic rings. The van der Waals surface area contributed by atoms with Crippen molar-refractivity contribution >= 4 is 40.3 Å². The van der Waals surface area contributed by atoms with E-state index >= 15 is 0 Å². The third kappa shape index (κ3) is 3.83. The molecular weight excluding hydrogens is 336 g/mol. The number of para-hydroxylation sites is 2. The standard InChI is InChI=1S/C18H18N4O2S/c1-2-22-15-9-4-3-8-14(15)21-18(22)25-11-16(23)20-13-7-5-6-12(10-13)17(19)24/h3-10H,2,11H2,1H3,(H2,19,24)(H,20,23). The van der Waals surface area contributed by atoms with Crippen molar-refractivity contribution in [3.8, 4) is 0 Å². The number of imidazole rings is 1. The molecule has 0 radical (unpaired) electrons.